The predicted octanol–water partition coefficient (Wildman–Crippen LogP) is 2.52. The van der Waals surface area contributed by atoms with Crippen LogP contribution >= 0.6 is 0 Å². The van der Waals surface area contributed by atoms with Gasteiger partial charge < -0.3 is 5.32 Å². The lowest BCUT2D eigenvalue weighted by Crippen LogP contribution is -2.35. The fourth-order valence-electron chi connectivity index (χ4n) is 2.83. The molecule has 0 amide bonds. The molecule has 0 saturated heterocycles. The molecule has 0 fully saturated rings. The molecule has 0 spiro atoms. The van der Waals surface area contributed by atoms with Crippen molar-refractivity contribution in [1.82, 2.24) is 5.32 Å². The van der Waals surface area contributed by atoms with E-state index in [0.29, 0.717) is 11.3 Å². The molecule has 0 saturated carbocycles. The molecule has 1 aliphatic heterocycles. The van der Waals surface area contributed by atoms with Gasteiger partial charge in [-0.25, -0.2) is 8.42 Å². The lowest BCUT2D eigenvalue weighted by atomic mass is 9.95. The van der Waals surface area contributed by atoms with Crippen molar-refractivity contribution in [3.05, 3.63) is 28.8 Å². The first kappa shape index (κ1) is 13.6. The summed E-state index contributed by atoms with van der Waals surface area (Å²) < 4.78 is 25.0. The number of benzene rings is 1. The molecule has 2 rings (SSSR count). The molecule has 0 radical (unpaired) electrons. The summed E-state index contributed by atoms with van der Waals surface area (Å²) in [5, 5.41) is 3.10. The number of aryl methyl sites for hydroxylation is 2. The number of sulfone groups is 1. The van der Waals surface area contributed by atoms with E-state index in [4.69, 9.17) is 0 Å². The van der Waals surface area contributed by atoms with Crippen molar-refractivity contribution in [3.63, 3.8) is 0 Å². The first-order valence-corrected chi connectivity index (χ1v) is 8.01. The van der Waals surface area contributed by atoms with E-state index in [-0.39, 0.29) is 11.3 Å². The first-order chi connectivity index (χ1) is 8.39. The largest absolute Gasteiger partial charge is 0.310 e. The Labute approximate surface area is 110 Å². The van der Waals surface area contributed by atoms with Crippen LogP contribution < -0.4 is 5.32 Å². The minimum atomic E-state index is -3.17. The van der Waals surface area contributed by atoms with Crippen molar-refractivity contribution in [2.75, 3.05) is 6.54 Å². The van der Waals surface area contributed by atoms with Crippen LogP contribution in [0.2, 0.25) is 0 Å². The molecule has 1 N–H and O–H groups in total. The summed E-state index contributed by atoms with van der Waals surface area (Å²) in [5.74, 6) is 0. The van der Waals surface area contributed by atoms with Gasteiger partial charge in [0.05, 0.1) is 10.1 Å². The molecular formula is C14H21NO2S. The summed E-state index contributed by atoms with van der Waals surface area (Å²) in [4.78, 5) is 0.562. The van der Waals surface area contributed by atoms with Crippen LogP contribution in [0.3, 0.4) is 0 Å². The molecule has 18 heavy (non-hydrogen) atoms. The van der Waals surface area contributed by atoms with Gasteiger partial charge in [-0.15, -0.1) is 0 Å². The molecule has 100 valence electrons. The van der Waals surface area contributed by atoms with Crippen molar-refractivity contribution in [2.24, 2.45) is 0 Å². The van der Waals surface area contributed by atoms with Gasteiger partial charge in [0.2, 0.25) is 0 Å². The monoisotopic (exact) mass is 267 g/mol. The molecule has 3 nitrogen and oxygen atoms in total. The maximum Gasteiger partial charge on any atom is 0.181 e. The Bertz CT molecular complexity index is 563. The standard InChI is InChI=1S/C14H21NO2S/c1-5-15-12-8-11(4)18(16,17)14-10(3)7-6-9(2)13(12)14/h6-7,11-12,15H,5,8H2,1-4H3. The smallest absolute Gasteiger partial charge is 0.181 e. The van der Waals surface area contributed by atoms with E-state index in [1.807, 2.05) is 32.9 Å². The molecule has 2 unspecified atom stereocenters. The summed E-state index contributed by atoms with van der Waals surface area (Å²) in [6.07, 6.45) is 0.660. The molecule has 2 atom stereocenters. The maximum absolute atomic E-state index is 12.5. The molecule has 0 aromatic heterocycles. The number of nitrogens with one attached hydrogen (secondary N) is 1. The highest BCUT2D eigenvalue weighted by Gasteiger charge is 2.37. The Kier molecular flexibility index (Phi) is 3.52. The quantitative estimate of drug-likeness (QED) is 0.895. The molecule has 1 aromatic rings. The fourth-order valence-corrected chi connectivity index (χ4v) is 4.80. The van der Waals surface area contributed by atoms with E-state index in [1.54, 1.807) is 0 Å². The van der Waals surface area contributed by atoms with Crippen LogP contribution in [0.5, 0.6) is 0 Å². The Morgan fingerprint density at radius 1 is 1.28 bits per heavy atom. The van der Waals surface area contributed by atoms with E-state index in [9.17, 15) is 8.42 Å². The van der Waals surface area contributed by atoms with Crippen molar-refractivity contribution >= 4 is 9.84 Å². The van der Waals surface area contributed by atoms with Gasteiger partial charge in [-0.3, -0.25) is 0 Å². The minimum absolute atomic E-state index is 0.156. The van der Waals surface area contributed by atoms with Gasteiger partial charge in [0.1, 0.15) is 0 Å². The lowest BCUT2D eigenvalue weighted by molar-refractivity contribution is 0.470. The second kappa shape index (κ2) is 4.67. The van der Waals surface area contributed by atoms with Gasteiger partial charge in [0, 0.05) is 6.04 Å². The highest BCUT2D eigenvalue weighted by molar-refractivity contribution is 7.92. The second-order valence-corrected chi connectivity index (χ2v) is 7.45. The highest BCUT2D eigenvalue weighted by Crippen LogP contribution is 2.39. The third kappa shape index (κ3) is 1.97. The van der Waals surface area contributed by atoms with Crippen molar-refractivity contribution < 1.29 is 8.42 Å². The van der Waals surface area contributed by atoms with E-state index in [1.165, 1.54) is 0 Å². The van der Waals surface area contributed by atoms with Crippen LogP contribution in [-0.4, -0.2) is 20.2 Å². The second-order valence-electron chi connectivity index (χ2n) is 5.14. The minimum Gasteiger partial charge on any atom is -0.310 e. The highest BCUT2D eigenvalue weighted by atomic mass is 32.2. The Balaban J connectivity index is 2.72. The summed E-state index contributed by atoms with van der Waals surface area (Å²) in [6.45, 7) is 8.60. The Morgan fingerprint density at radius 3 is 2.50 bits per heavy atom. The number of hydrogen-bond donors (Lipinski definition) is 1. The topological polar surface area (TPSA) is 46.2 Å². The first-order valence-electron chi connectivity index (χ1n) is 6.47. The molecule has 1 heterocycles. The normalized spacial score (nSPS) is 25.8. The number of hydrogen-bond acceptors (Lipinski definition) is 3. The SMILES string of the molecule is CCNC1CC(C)S(=O)(=O)c2c(C)ccc(C)c21. The van der Waals surface area contributed by atoms with Gasteiger partial charge in [-0.05, 0) is 50.4 Å². The molecule has 1 aromatic carbocycles. The van der Waals surface area contributed by atoms with Crippen molar-refractivity contribution in [2.45, 2.75) is 50.3 Å². The zero-order valence-corrected chi connectivity index (χ0v) is 12.3. The van der Waals surface area contributed by atoms with Crippen LogP contribution in [0.4, 0.5) is 0 Å². The Morgan fingerprint density at radius 2 is 1.89 bits per heavy atom. The zero-order chi connectivity index (χ0) is 13.5. The average Bonchev–Trinajstić information content (AvgIpc) is 2.29. The fraction of sp³-hybridized carbons (Fsp3) is 0.571. The summed E-state index contributed by atoms with van der Waals surface area (Å²) >= 11 is 0. The molecular weight excluding hydrogens is 246 g/mol. The van der Waals surface area contributed by atoms with Gasteiger partial charge in [-0.2, -0.15) is 0 Å². The Hall–Kier alpha value is -0.870. The summed E-state index contributed by atoms with van der Waals surface area (Å²) in [6, 6.07) is 4.08. The van der Waals surface area contributed by atoms with E-state index >= 15 is 0 Å². The number of fused-ring (bicyclic) bond motifs is 1. The van der Waals surface area contributed by atoms with E-state index in [2.05, 4.69) is 12.2 Å². The van der Waals surface area contributed by atoms with Crippen molar-refractivity contribution in [3.8, 4) is 0 Å². The number of rotatable bonds is 2. The third-order valence-electron chi connectivity index (χ3n) is 3.79. The van der Waals surface area contributed by atoms with Crippen LogP contribution in [0.25, 0.3) is 0 Å². The molecule has 0 aliphatic carbocycles. The lowest BCUT2D eigenvalue weighted by Gasteiger charge is -2.32. The van der Waals surface area contributed by atoms with Gasteiger partial charge >= 0.3 is 0 Å². The van der Waals surface area contributed by atoms with Crippen LogP contribution in [0.1, 0.15) is 43.0 Å². The maximum atomic E-state index is 12.5. The van der Waals surface area contributed by atoms with E-state index < -0.39 is 9.84 Å². The summed E-state index contributed by atoms with van der Waals surface area (Å²) in [5.41, 5.74) is 2.91. The van der Waals surface area contributed by atoms with Crippen LogP contribution in [0, 0.1) is 13.8 Å². The van der Waals surface area contributed by atoms with Crippen LogP contribution in [0.15, 0.2) is 17.0 Å². The zero-order valence-electron chi connectivity index (χ0n) is 11.4. The van der Waals surface area contributed by atoms with Gasteiger partial charge in [0.25, 0.3) is 0 Å². The van der Waals surface area contributed by atoms with E-state index in [0.717, 1.165) is 23.2 Å². The predicted molar refractivity (Wildman–Crippen MR) is 73.6 cm³/mol. The molecule has 0 bridgehead atoms. The van der Waals surface area contributed by atoms with Gasteiger partial charge in [0.15, 0.2) is 9.84 Å². The van der Waals surface area contributed by atoms with Crippen molar-refractivity contribution in [1.29, 1.82) is 0 Å². The molecule has 4 heteroatoms. The average molecular weight is 267 g/mol. The third-order valence-corrected chi connectivity index (χ3v) is 6.15. The summed E-state index contributed by atoms with van der Waals surface area (Å²) in [7, 11) is -3.17. The van der Waals surface area contributed by atoms with Gasteiger partial charge in [-0.1, -0.05) is 19.1 Å². The molecule has 1 aliphatic rings. The van der Waals surface area contributed by atoms with Crippen LogP contribution in [-0.2, 0) is 9.84 Å².